The van der Waals surface area contributed by atoms with Crippen molar-refractivity contribution in [3.05, 3.63) is 81.8 Å². The number of nitrogens with one attached hydrogen (secondary N) is 4. The molecule has 0 amide bonds. The van der Waals surface area contributed by atoms with Crippen LogP contribution in [0.3, 0.4) is 0 Å². The maximum absolute atomic E-state index is 13.5. The molecule has 41 heavy (non-hydrogen) atoms. The van der Waals surface area contributed by atoms with E-state index in [1.54, 1.807) is 18.5 Å². The zero-order valence-corrected chi connectivity index (χ0v) is 26.1. The normalized spacial score (nSPS) is 11.3. The number of aromatic nitrogens is 4. The highest BCUT2D eigenvalue weighted by molar-refractivity contribution is 6.31. The van der Waals surface area contributed by atoms with Gasteiger partial charge in [-0.2, -0.15) is 9.97 Å². The van der Waals surface area contributed by atoms with Crippen LogP contribution in [0.2, 0.25) is 10.0 Å². The molecule has 2 heterocycles. The Balaban J connectivity index is 0.000000226. The first-order chi connectivity index (χ1) is 19.1. The maximum atomic E-state index is 13.5. The molecule has 2 aromatic heterocycles. The highest BCUT2D eigenvalue weighted by atomic mass is 35.5. The van der Waals surface area contributed by atoms with Crippen molar-refractivity contribution in [2.45, 2.75) is 66.5 Å². The van der Waals surface area contributed by atoms with Crippen molar-refractivity contribution in [2.75, 3.05) is 21.3 Å². The molecule has 0 radical (unpaired) electrons. The molecule has 0 aliphatic rings. The number of halogens is 3. The van der Waals surface area contributed by atoms with Gasteiger partial charge in [0.2, 0.25) is 11.9 Å². The molecule has 4 N–H and O–H groups in total. The third-order valence-electron chi connectivity index (χ3n) is 5.19. The fraction of sp³-hybridized carbons (Fsp3) is 0.333. The van der Waals surface area contributed by atoms with Crippen molar-refractivity contribution in [2.24, 2.45) is 0 Å². The van der Waals surface area contributed by atoms with Crippen LogP contribution in [0.15, 0.2) is 54.9 Å². The van der Waals surface area contributed by atoms with E-state index in [1.807, 2.05) is 58.9 Å². The van der Waals surface area contributed by atoms with Gasteiger partial charge in [-0.05, 0) is 91.8 Å². The van der Waals surface area contributed by atoms with Gasteiger partial charge in [-0.15, -0.1) is 0 Å². The lowest BCUT2D eigenvalue weighted by molar-refractivity contribution is 0.625. The molecule has 2 aromatic carbocycles. The Bertz CT molecular complexity index is 1480. The minimum absolute atomic E-state index is 0.0808. The summed E-state index contributed by atoms with van der Waals surface area (Å²) in [6.07, 6.45) is 3.52. The van der Waals surface area contributed by atoms with E-state index in [1.165, 1.54) is 12.1 Å². The summed E-state index contributed by atoms with van der Waals surface area (Å²) in [6, 6.07) is 12.1. The Hall–Kier alpha value is -3.69. The number of benzene rings is 2. The van der Waals surface area contributed by atoms with Gasteiger partial charge in [0.05, 0.1) is 5.02 Å². The van der Waals surface area contributed by atoms with Crippen LogP contribution in [0, 0.1) is 19.7 Å². The molecule has 0 atom stereocenters. The summed E-state index contributed by atoms with van der Waals surface area (Å²) in [6.45, 7) is 16.1. The van der Waals surface area contributed by atoms with Gasteiger partial charge in [0.25, 0.3) is 0 Å². The molecule has 218 valence electrons. The van der Waals surface area contributed by atoms with Gasteiger partial charge in [0.1, 0.15) is 17.5 Å². The van der Waals surface area contributed by atoms with Crippen molar-refractivity contribution in [3.8, 4) is 0 Å². The number of rotatable bonds is 6. The third kappa shape index (κ3) is 10.7. The largest absolute Gasteiger partial charge is 0.350 e. The summed E-state index contributed by atoms with van der Waals surface area (Å²) in [5, 5.41) is 13.6. The summed E-state index contributed by atoms with van der Waals surface area (Å²) in [7, 11) is 0. The Kier molecular flexibility index (Phi) is 10.3. The van der Waals surface area contributed by atoms with Crippen LogP contribution in [0.4, 0.5) is 39.3 Å². The second-order valence-corrected chi connectivity index (χ2v) is 12.4. The van der Waals surface area contributed by atoms with Crippen LogP contribution in [-0.2, 0) is 0 Å². The average molecular weight is 600 g/mol. The summed E-state index contributed by atoms with van der Waals surface area (Å²) < 4.78 is 13.5. The molecule has 4 rings (SSSR count). The Labute approximate surface area is 251 Å². The predicted octanol–water partition coefficient (Wildman–Crippen LogP) is 8.92. The molecule has 0 saturated carbocycles. The van der Waals surface area contributed by atoms with Crippen molar-refractivity contribution >= 4 is 58.1 Å². The van der Waals surface area contributed by atoms with Crippen molar-refractivity contribution in [3.63, 3.8) is 0 Å². The Morgan fingerprint density at radius 3 is 1.61 bits per heavy atom. The van der Waals surface area contributed by atoms with Crippen LogP contribution in [0.1, 0.15) is 52.7 Å². The van der Waals surface area contributed by atoms with E-state index in [4.69, 9.17) is 23.2 Å². The standard InChI is InChI=1S/C15H18ClFN4.C15H19ClN4/c1-9-8-18-14(21-15(2,3)4)20-13(9)19-10-5-6-11(16)12(17)7-10;1-10-9-17-14(20-15(2,3)4)19-13(10)18-12-7-5-6-11(16)8-12/h5-8H,1-4H3,(H2,18,19,20,21);5-9H,1-4H3,(H2,17,18,19,20). The SMILES string of the molecule is Cc1cnc(NC(C)(C)C)nc1Nc1ccc(Cl)c(F)c1.Cc1cnc(NC(C)(C)C)nc1Nc1cccc(Cl)c1. The Morgan fingerprint density at radius 1 is 0.683 bits per heavy atom. The molecule has 0 fully saturated rings. The highest BCUT2D eigenvalue weighted by Gasteiger charge is 2.14. The number of hydrogen-bond acceptors (Lipinski definition) is 8. The molecule has 0 saturated heterocycles. The van der Waals surface area contributed by atoms with E-state index in [-0.39, 0.29) is 16.1 Å². The first-order valence-corrected chi connectivity index (χ1v) is 13.8. The number of aryl methyl sites for hydroxylation is 2. The molecule has 0 bridgehead atoms. The fourth-order valence-corrected chi connectivity index (χ4v) is 3.65. The van der Waals surface area contributed by atoms with Gasteiger partial charge in [-0.1, -0.05) is 29.3 Å². The van der Waals surface area contributed by atoms with E-state index in [2.05, 4.69) is 62.0 Å². The van der Waals surface area contributed by atoms with Gasteiger partial charge in [0.15, 0.2) is 0 Å². The minimum atomic E-state index is -0.471. The van der Waals surface area contributed by atoms with E-state index < -0.39 is 5.82 Å². The molecule has 8 nitrogen and oxygen atoms in total. The summed E-state index contributed by atoms with van der Waals surface area (Å²) in [5.74, 6) is 2.05. The van der Waals surface area contributed by atoms with Crippen LogP contribution in [0.5, 0.6) is 0 Å². The zero-order valence-electron chi connectivity index (χ0n) is 24.6. The molecular formula is C30H37Cl2FN8. The smallest absolute Gasteiger partial charge is 0.225 e. The van der Waals surface area contributed by atoms with Crippen molar-refractivity contribution < 1.29 is 4.39 Å². The van der Waals surface area contributed by atoms with Gasteiger partial charge < -0.3 is 21.3 Å². The predicted molar refractivity (Wildman–Crippen MR) is 170 cm³/mol. The second kappa shape index (κ2) is 13.3. The van der Waals surface area contributed by atoms with Crippen LogP contribution in [-0.4, -0.2) is 31.0 Å². The first-order valence-electron chi connectivity index (χ1n) is 13.1. The van der Waals surface area contributed by atoms with E-state index >= 15 is 0 Å². The minimum Gasteiger partial charge on any atom is -0.350 e. The van der Waals surface area contributed by atoms with E-state index in [0.29, 0.717) is 28.4 Å². The first kappa shape index (κ1) is 31.8. The van der Waals surface area contributed by atoms with Gasteiger partial charge in [-0.3, -0.25) is 0 Å². The fourth-order valence-electron chi connectivity index (χ4n) is 3.34. The summed E-state index contributed by atoms with van der Waals surface area (Å²) in [4.78, 5) is 17.5. The maximum Gasteiger partial charge on any atom is 0.225 e. The number of nitrogens with zero attached hydrogens (tertiary/aromatic N) is 4. The lowest BCUT2D eigenvalue weighted by atomic mass is 10.1. The second-order valence-electron chi connectivity index (χ2n) is 11.6. The zero-order chi connectivity index (χ0) is 30.4. The Morgan fingerprint density at radius 2 is 1.17 bits per heavy atom. The van der Waals surface area contributed by atoms with Gasteiger partial charge in [0, 0.05) is 51.0 Å². The average Bonchev–Trinajstić information content (AvgIpc) is 2.84. The lowest BCUT2D eigenvalue weighted by Crippen LogP contribution is -2.27. The summed E-state index contributed by atoms with van der Waals surface area (Å²) >= 11 is 11.7. The van der Waals surface area contributed by atoms with Gasteiger partial charge in [-0.25, -0.2) is 14.4 Å². The molecule has 0 spiro atoms. The van der Waals surface area contributed by atoms with E-state index in [0.717, 1.165) is 22.6 Å². The van der Waals surface area contributed by atoms with Gasteiger partial charge >= 0.3 is 0 Å². The van der Waals surface area contributed by atoms with Crippen molar-refractivity contribution in [1.82, 2.24) is 19.9 Å². The molecule has 0 unspecified atom stereocenters. The monoisotopic (exact) mass is 598 g/mol. The van der Waals surface area contributed by atoms with Crippen LogP contribution in [0.25, 0.3) is 0 Å². The summed E-state index contributed by atoms with van der Waals surface area (Å²) in [5.41, 5.74) is 3.11. The molecule has 0 aliphatic heterocycles. The lowest BCUT2D eigenvalue weighted by Gasteiger charge is -2.21. The molecular weight excluding hydrogens is 562 g/mol. The molecule has 0 aliphatic carbocycles. The molecule has 11 heteroatoms. The van der Waals surface area contributed by atoms with Crippen molar-refractivity contribution in [1.29, 1.82) is 0 Å². The quantitative estimate of drug-likeness (QED) is 0.174. The van der Waals surface area contributed by atoms with E-state index in [9.17, 15) is 4.39 Å². The number of hydrogen-bond donors (Lipinski definition) is 4. The highest BCUT2D eigenvalue weighted by Crippen LogP contribution is 2.25. The topological polar surface area (TPSA) is 99.7 Å². The van der Waals surface area contributed by atoms with Crippen LogP contribution < -0.4 is 21.3 Å². The number of anilines is 6. The third-order valence-corrected chi connectivity index (χ3v) is 5.73. The molecule has 4 aromatic rings. The van der Waals surface area contributed by atoms with Crippen LogP contribution >= 0.6 is 23.2 Å².